The van der Waals surface area contributed by atoms with Gasteiger partial charge < -0.3 is 0 Å². The molecular weight excluding hydrogens is 180 g/mol. The van der Waals surface area contributed by atoms with E-state index in [1.54, 1.807) is 11.8 Å². The third-order valence-corrected chi connectivity index (χ3v) is 2.45. The first-order valence-electron chi connectivity index (χ1n) is 4.62. The van der Waals surface area contributed by atoms with Gasteiger partial charge >= 0.3 is 0 Å². The van der Waals surface area contributed by atoms with Crippen LogP contribution in [0.3, 0.4) is 0 Å². The van der Waals surface area contributed by atoms with Crippen molar-refractivity contribution in [2.24, 2.45) is 0 Å². The molecule has 0 saturated carbocycles. The molecule has 0 aliphatic carbocycles. The number of rotatable bonds is 3. The number of hydrogen-bond donors (Lipinski definition) is 0. The Kier molecular flexibility index (Phi) is 3.72. The summed E-state index contributed by atoms with van der Waals surface area (Å²) in [6, 6.07) is 2.04. The molecule has 13 heavy (non-hydrogen) atoms. The molecule has 0 N–H and O–H groups in total. The maximum Gasteiger partial charge on any atom is 0.132 e. The molecule has 0 aromatic carbocycles. The quantitative estimate of drug-likeness (QED) is 0.549. The Morgan fingerprint density at radius 2 is 2.08 bits per heavy atom. The number of nitrogens with zero attached hydrogens (tertiary/aromatic N) is 2. The summed E-state index contributed by atoms with van der Waals surface area (Å²) in [5.74, 6) is 2.43. The molecule has 0 atom stereocenters. The van der Waals surface area contributed by atoms with Gasteiger partial charge in [-0.3, -0.25) is 0 Å². The Bertz CT molecular complexity index is 284. The Balaban J connectivity index is 2.96. The largest absolute Gasteiger partial charge is 0.238 e. The van der Waals surface area contributed by atoms with Gasteiger partial charge in [0.1, 0.15) is 5.82 Å². The van der Waals surface area contributed by atoms with Crippen molar-refractivity contribution in [3.63, 3.8) is 0 Å². The molecule has 0 aliphatic rings. The molecule has 0 fully saturated rings. The molecule has 0 saturated heterocycles. The van der Waals surface area contributed by atoms with Crippen molar-refractivity contribution in [3.05, 3.63) is 17.6 Å². The van der Waals surface area contributed by atoms with E-state index in [-0.39, 0.29) is 0 Å². The molecule has 0 amide bonds. The van der Waals surface area contributed by atoms with E-state index in [2.05, 4.69) is 30.7 Å². The highest BCUT2D eigenvalue weighted by molar-refractivity contribution is 7.99. The van der Waals surface area contributed by atoms with Gasteiger partial charge in [0, 0.05) is 11.6 Å². The smallest absolute Gasteiger partial charge is 0.132 e. The van der Waals surface area contributed by atoms with E-state index in [1.807, 2.05) is 13.0 Å². The third kappa shape index (κ3) is 2.99. The van der Waals surface area contributed by atoms with Gasteiger partial charge in [-0.25, -0.2) is 9.97 Å². The summed E-state index contributed by atoms with van der Waals surface area (Å²) >= 11 is 1.77. The van der Waals surface area contributed by atoms with Crippen LogP contribution in [0.15, 0.2) is 11.1 Å². The molecule has 0 radical (unpaired) electrons. The van der Waals surface area contributed by atoms with Crippen LogP contribution >= 0.6 is 11.8 Å². The van der Waals surface area contributed by atoms with Crippen LogP contribution in [0.25, 0.3) is 0 Å². The average Bonchev–Trinajstić information content (AvgIpc) is 2.03. The minimum atomic E-state index is 0.413. The predicted molar refractivity (Wildman–Crippen MR) is 57.3 cm³/mol. The molecular formula is C10H16N2S. The van der Waals surface area contributed by atoms with Crippen molar-refractivity contribution in [1.82, 2.24) is 9.97 Å². The zero-order valence-electron chi connectivity index (χ0n) is 8.66. The van der Waals surface area contributed by atoms with Crippen molar-refractivity contribution < 1.29 is 0 Å². The van der Waals surface area contributed by atoms with Gasteiger partial charge in [-0.2, -0.15) is 0 Å². The summed E-state index contributed by atoms with van der Waals surface area (Å²) in [5, 5.41) is 1.10. The number of thioether (sulfide) groups is 1. The highest BCUT2D eigenvalue weighted by Crippen LogP contribution is 2.18. The van der Waals surface area contributed by atoms with E-state index in [0.29, 0.717) is 5.92 Å². The lowest BCUT2D eigenvalue weighted by Gasteiger charge is -2.06. The van der Waals surface area contributed by atoms with Gasteiger partial charge in [-0.1, -0.05) is 20.8 Å². The van der Waals surface area contributed by atoms with Crippen molar-refractivity contribution >= 4 is 11.8 Å². The Morgan fingerprint density at radius 1 is 1.38 bits per heavy atom. The minimum Gasteiger partial charge on any atom is -0.238 e. The molecule has 0 aliphatic heterocycles. The van der Waals surface area contributed by atoms with Crippen LogP contribution in [-0.2, 0) is 0 Å². The SMILES string of the molecule is CCSc1cc(C)nc(C(C)C)n1. The fourth-order valence-corrected chi connectivity index (χ4v) is 1.75. The van der Waals surface area contributed by atoms with Crippen LogP contribution in [0.4, 0.5) is 0 Å². The predicted octanol–water partition coefficient (Wildman–Crippen LogP) is 3.02. The van der Waals surface area contributed by atoms with E-state index >= 15 is 0 Å². The summed E-state index contributed by atoms with van der Waals surface area (Å²) in [7, 11) is 0. The van der Waals surface area contributed by atoms with Gasteiger partial charge in [0.2, 0.25) is 0 Å². The van der Waals surface area contributed by atoms with Crippen molar-refractivity contribution in [2.45, 2.75) is 38.6 Å². The maximum atomic E-state index is 4.47. The first-order valence-corrected chi connectivity index (χ1v) is 5.60. The van der Waals surface area contributed by atoms with Gasteiger partial charge in [0.15, 0.2) is 0 Å². The lowest BCUT2D eigenvalue weighted by Crippen LogP contribution is -2.00. The maximum absolute atomic E-state index is 4.47. The first kappa shape index (κ1) is 10.5. The standard InChI is InChI=1S/C10H16N2S/c1-5-13-9-6-8(4)11-10(12-9)7(2)3/h6-7H,5H2,1-4H3. The second kappa shape index (κ2) is 4.61. The Hall–Kier alpha value is -0.570. The number of aromatic nitrogens is 2. The summed E-state index contributed by atoms with van der Waals surface area (Å²) < 4.78 is 0. The highest BCUT2D eigenvalue weighted by Gasteiger charge is 2.05. The van der Waals surface area contributed by atoms with E-state index < -0.39 is 0 Å². The minimum absolute atomic E-state index is 0.413. The van der Waals surface area contributed by atoms with Crippen molar-refractivity contribution in [3.8, 4) is 0 Å². The van der Waals surface area contributed by atoms with Gasteiger partial charge in [-0.15, -0.1) is 11.8 Å². The zero-order valence-corrected chi connectivity index (χ0v) is 9.48. The summed E-state index contributed by atoms with van der Waals surface area (Å²) in [6.07, 6.45) is 0. The fraction of sp³-hybridized carbons (Fsp3) is 0.600. The Labute approximate surface area is 84.2 Å². The van der Waals surface area contributed by atoms with E-state index in [1.165, 1.54) is 0 Å². The molecule has 0 bridgehead atoms. The molecule has 72 valence electrons. The van der Waals surface area contributed by atoms with Crippen molar-refractivity contribution in [1.29, 1.82) is 0 Å². The third-order valence-electron chi connectivity index (χ3n) is 1.66. The molecule has 3 heteroatoms. The zero-order chi connectivity index (χ0) is 9.84. The van der Waals surface area contributed by atoms with Crippen LogP contribution in [0.1, 0.15) is 38.2 Å². The summed E-state index contributed by atoms with van der Waals surface area (Å²) in [5.41, 5.74) is 1.06. The van der Waals surface area contributed by atoms with Gasteiger partial charge in [0.25, 0.3) is 0 Å². The van der Waals surface area contributed by atoms with Gasteiger partial charge in [0.05, 0.1) is 5.03 Å². The first-order chi connectivity index (χ1) is 6.13. The number of aryl methyl sites for hydroxylation is 1. The summed E-state index contributed by atoms with van der Waals surface area (Å²) in [6.45, 7) is 8.40. The van der Waals surface area contributed by atoms with E-state index in [0.717, 1.165) is 22.3 Å². The molecule has 0 spiro atoms. The Morgan fingerprint density at radius 3 is 2.62 bits per heavy atom. The van der Waals surface area contributed by atoms with E-state index in [4.69, 9.17) is 0 Å². The van der Waals surface area contributed by atoms with E-state index in [9.17, 15) is 0 Å². The normalized spacial score (nSPS) is 10.8. The monoisotopic (exact) mass is 196 g/mol. The van der Waals surface area contributed by atoms with Gasteiger partial charge in [-0.05, 0) is 18.7 Å². The topological polar surface area (TPSA) is 25.8 Å². The molecule has 1 aromatic heterocycles. The molecule has 1 heterocycles. The average molecular weight is 196 g/mol. The fourth-order valence-electron chi connectivity index (χ4n) is 1.04. The van der Waals surface area contributed by atoms with Crippen LogP contribution < -0.4 is 0 Å². The molecule has 2 nitrogen and oxygen atoms in total. The molecule has 1 aromatic rings. The number of hydrogen-bond acceptors (Lipinski definition) is 3. The van der Waals surface area contributed by atoms with Crippen LogP contribution in [0.5, 0.6) is 0 Å². The molecule has 1 rings (SSSR count). The van der Waals surface area contributed by atoms with Crippen LogP contribution in [0, 0.1) is 6.92 Å². The van der Waals surface area contributed by atoms with Crippen molar-refractivity contribution in [2.75, 3.05) is 5.75 Å². The second-order valence-corrected chi connectivity index (χ2v) is 4.58. The lowest BCUT2D eigenvalue weighted by molar-refractivity contribution is 0.744. The lowest BCUT2D eigenvalue weighted by atomic mass is 10.2. The van der Waals surface area contributed by atoms with Crippen LogP contribution in [0.2, 0.25) is 0 Å². The highest BCUT2D eigenvalue weighted by atomic mass is 32.2. The summed E-state index contributed by atoms with van der Waals surface area (Å²) in [4.78, 5) is 8.87. The second-order valence-electron chi connectivity index (χ2n) is 3.29. The molecule has 0 unspecified atom stereocenters. The van der Waals surface area contributed by atoms with Crippen LogP contribution in [-0.4, -0.2) is 15.7 Å².